The molecule has 0 aliphatic carbocycles. The molecule has 3 aromatic rings. The quantitative estimate of drug-likeness (QED) is 0.765. The molecule has 106 valence electrons. The number of carboxylic acids is 1. The Bertz CT molecular complexity index is 906. The molecule has 21 heavy (non-hydrogen) atoms. The van der Waals surface area contributed by atoms with Crippen LogP contribution in [-0.4, -0.2) is 15.0 Å². The molecule has 1 aromatic heterocycles. The van der Waals surface area contributed by atoms with Crippen molar-refractivity contribution in [1.29, 1.82) is 0 Å². The summed E-state index contributed by atoms with van der Waals surface area (Å²) in [4.78, 5) is 23.4. The van der Waals surface area contributed by atoms with Crippen LogP contribution < -0.4 is 5.56 Å². The van der Waals surface area contributed by atoms with Gasteiger partial charge in [0.1, 0.15) is 0 Å². The van der Waals surface area contributed by atoms with E-state index in [-0.39, 0.29) is 21.2 Å². The summed E-state index contributed by atoms with van der Waals surface area (Å²) in [6, 6.07) is 9.71. The average Bonchev–Trinajstić information content (AvgIpc) is 2.76. The van der Waals surface area contributed by atoms with Crippen LogP contribution in [0, 0.1) is 0 Å². The molecular formula is C14H7Cl2NO3S. The van der Waals surface area contributed by atoms with E-state index in [0.717, 1.165) is 4.70 Å². The molecule has 0 atom stereocenters. The van der Waals surface area contributed by atoms with Crippen molar-refractivity contribution >= 4 is 50.8 Å². The second-order valence-corrected chi connectivity index (χ2v) is 6.08. The minimum Gasteiger partial charge on any atom is -0.478 e. The minimum absolute atomic E-state index is 0.0251. The molecule has 0 unspecified atom stereocenters. The molecule has 4 nitrogen and oxygen atoms in total. The van der Waals surface area contributed by atoms with E-state index in [4.69, 9.17) is 28.3 Å². The third-order valence-electron chi connectivity index (χ3n) is 2.96. The zero-order valence-electron chi connectivity index (χ0n) is 10.3. The average molecular weight is 340 g/mol. The SMILES string of the molecule is O=C(O)c1cc(Cl)c(-n2sc3ccccc3c2=O)c(Cl)c1. The highest BCUT2D eigenvalue weighted by atomic mass is 35.5. The first-order chi connectivity index (χ1) is 9.99. The highest BCUT2D eigenvalue weighted by Crippen LogP contribution is 2.32. The number of hydrogen-bond acceptors (Lipinski definition) is 3. The van der Waals surface area contributed by atoms with Crippen molar-refractivity contribution in [1.82, 2.24) is 3.96 Å². The Labute approximate surface area is 132 Å². The van der Waals surface area contributed by atoms with Crippen LogP contribution in [0.3, 0.4) is 0 Å². The maximum atomic E-state index is 12.4. The molecule has 1 heterocycles. The van der Waals surface area contributed by atoms with Gasteiger partial charge in [0.05, 0.1) is 31.4 Å². The highest BCUT2D eigenvalue weighted by Gasteiger charge is 2.17. The molecule has 0 saturated carbocycles. The van der Waals surface area contributed by atoms with Gasteiger partial charge >= 0.3 is 5.97 Å². The molecule has 0 aliphatic heterocycles. The number of aromatic carboxylic acids is 1. The van der Waals surface area contributed by atoms with Gasteiger partial charge in [-0.2, -0.15) is 0 Å². The highest BCUT2D eigenvalue weighted by molar-refractivity contribution is 7.14. The van der Waals surface area contributed by atoms with E-state index in [1.807, 2.05) is 12.1 Å². The summed E-state index contributed by atoms with van der Waals surface area (Å²) in [6.07, 6.45) is 0. The third kappa shape index (κ3) is 2.33. The topological polar surface area (TPSA) is 59.3 Å². The Balaban J connectivity index is 2.31. The Hall–Kier alpha value is -1.82. The molecule has 0 spiro atoms. The minimum atomic E-state index is -1.13. The van der Waals surface area contributed by atoms with Crippen LogP contribution >= 0.6 is 34.7 Å². The fourth-order valence-electron chi connectivity index (χ4n) is 2.00. The molecular weight excluding hydrogens is 333 g/mol. The maximum Gasteiger partial charge on any atom is 0.335 e. The van der Waals surface area contributed by atoms with E-state index in [1.54, 1.807) is 12.1 Å². The lowest BCUT2D eigenvalue weighted by molar-refractivity contribution is 0.0697. The van der Waals surface area contributed by atoms with Gasteiger partial charge in [-0.15, -0.1) is 0 Å². The van der Waals surface area contributed by atoms with Crippen molar-refractivity contribution in [2.24, 2.45) is 0 Å². The van der Waals surface area contributed by atoms with E-state index >= 15 is 0 Å². The predicted octanol–water partition coefficient (Wildman–Crippen LogP) is 4.06. The third-order valence-corrected chi connectivity index (χ3v) is 4.62. The van der Waals surface area contributed by atoms with Crippen LogP contribution in [0.2, 0.25) is 10.0 Å². The smallest absolute Gasteiger partial charge is 0.335 e. The second-order valence-electron chi connectivity index (χ2n) is 4.28. The van der Waals surface area contributed by atoms with Gasteiger partial charge in [-0.1, -0.05) is 46.9 Å². The molecule has 0 bridgehead atoms. The fraction of sp³-hybridized carbons (Fsp3) is 0. The first kappa shape index (κ1) is 14.1. The van der Waals surface area contributed by atoms with Gasteiger partial charge in [0, 0.05) is 0 Å². The van der Waals surface area contributed by atoms with Crippen molar-refractivity contribution < 1.29 is 9.90 Å². The van der Waals surface area contributed by atoms with Gasteiger partial charge in [-0.25, -0.2) is 8.75 Å². The van der Waals surface area contributed by atoms with Gasteiger partial charge in [0.25, 0.3) is 5.56 Å². The summed E-state index contributed by atoms with van der Waals surface area (Å²) in [7, 11) is 0. The monoisotopic (exact) mass is 339 g/mol. The van der Waals surface area contributed by atoms with Crippen molar-refractivity contribution in [2.45, 2.75) is 0 Å². The first-order valence-electron chi connectivity index (χ1n) is 5.83. The standard InChI is InChI=1S/C14H7Cl2NO3S/c15-9-5-7(14(19)20)6-10(16)12(9)17-13(18)8-3-1-2-4-11(8)21-17/h1-6H,(H,19,20). The van der Waals surface area contributed by atoms with Crippen molar-refractivity contribution in [3.63, 3.8) is 0 Å². The number of aromatic nitrogens is 1. The summed E-state index contributed by atoms with van der Waals surface area (Å²) in [6.45, 7) is 0. The number of fused-ring (bicyclic) bond motifs is 1. The zero-order valence-corrected chi connectivity index (χ0v) is 12.7. The Morgan fingerprint density at radius 1 is 1.14 bits per heavy atom. The van der Waals surface area contributed by atoms with Gasteiger partial charge in [0.2, 0.25) is 0 Å². The van der Waals surface area contributed by atoms with E-state index in [2.05, 4.69) is 0 Å². The lowest BCUT2D eigenvalue weighted by Crippen LogP contribution is -2.12. The van der Waals surface area contributed by atoms with Crippen molar-refractivity contribution in [3.05, 3.63) is 62.4 Å². The molecule has 0 fully saturated rings. The van der Waals surface area contributed by atoms with E-state index in [0.29, 0.717) is 11.1 Å². The lowest BCUT2D eigenvalue weighted by atomic mass is 10.2. The maximum absolute atomic E-state index is 12.4. The molecule has 0 aliphatic rings. The van der Waals surface area contributed by atoms with Crippen molar-refractivity contribution in [2.75, 3.05) is 0 Å². The largest absolute Gasteiger partial charge is 0.478 e. The molecule has 0 amide bonds. The normalized spacial score (nSPS) is 11.0. The Kier molecular flexibility index (Phi) is 3.49. The summed E-state index contributed by atoms with van der Waals surface area (Å²) in [5.41, 5.74) is 0.0416. The number of benzene rings is 2. The summed E-state index contributed by atoms with van der Waals surface area (Å²) in [5, 5.41) is 9.79. The molecule has 3 rings (SSSR count). The van der Waals surface area contributed by atoms with Crippen molar-refractivity contribution in [3.8, 4) is 5.69 Å². The van der Waals surface area contributed by atoms with Gasteiger partial charge in [0.15, 0.2) is 0 Å². The number of rotatable bonds is 2. The van der Waals surface area contributed by atoms with E-state index < -0.39 is 5.97 Å². The number of halogens is 2. The second kappa shape index (κ2) is 5.18. The van der Waals surface area contributed by atoms with Crippen LogP contribution in [0.4, 0.5) is 0 Å². The van der Waals surface area contributed by atoms with E-state index in [9.17, 15) is 9.59 Å². The summed E-state index contributed by atoms with van der Waals surface area (Å²) in [5.74, 6) is -1.13. The van der Waals surface area contributed by atoms with Crippen LogP contribution in [0.1, 0.15) is 10.4 Å². The van der Waals surface area contributed by atoms with Gasteiger partial charge in [-0.05, 0) is 24.3 Å². The number of carboxylic acid groups (broad SMARTS) is 1. The van der Waals surface area contributed by atoms with Crippen LogP contribution in [0.5, 0.6) is 0 Å². The van der Waals surface area contributed by atoms with Crippen LogP contribution in [0.25, 0.3) is 15.8 Å². The first-order valence-corrected chi connectivity index (χ1v) is 7.36. The van der Waals surface area contributed by atoms with Crippen LogP contribution in [-0.2, 0) is 0 Å². The fourth-order valence-corrected chi connectivity index (χ4v) is 3.82. The van der Waals surface area contributed by atoms with Gasteiger partial charge < -0.3 is 5.11 Å². The molecule has 2 aromatic carbocycles. The summed E-state index contributed by atoms with van der Waals surface area (Å²) >= 11 is 13.4. The summed E-state index contributed by atoms with van der Waals surface area (Å²) < 4.78 is 2.18. The zero-order chi connectivity index (χ0) is 15.1. The lowest BCUT2D eigenvalue weighted by Gasteiger charge is -2.07. The van der Waals surface area contributed by atoms with Gasteiger partial charge in [-0.3, -0.25) is 4.79 Å². The molecule has 1 N–H and O–H groups in total. The number of carbonyl (C=O) groups is 1. The number of nitrogens with zero attached hydrogens (tertiary/aromatic N) is 1. The molecule has 7 heteroatoms. The molecule has 0 radical (unpaired) electrons. The Morgan fingerprint density at radius 3 is 2.33 bits per heavy atom. The number of hydrogen-bond donors (Lipinski definition) is 1. The van der Waals surface area contributed by atoms with Crippen LogP contribution in [0.15, 0.2) is 41.2 Å². The molecule has 0 saturated heterocycles. The Morgan fingerprint density at radius 2 is 1.76 bits per heavy atom. The predicted molar refractivity (Wildman–Crippen MR) is 84.4 cm³/mol. The van der Waals surface area contributed by atoms with E-state index in [1.165, 1.54) is 27.6 Å².